The summed E-state index contributed by atoms with van der Waals surface area (Å²) in [6.07, 6.45) is 4.70. The van der Waals surface area contributed by atoms with E-state index in [0.717, 1.165) is 12.1 Å². The number of rotatable bonds is 7. The van der Waals surface area contributed by atoms with Crippen LogP contribution in [0, 0.1) is 10.1 Å². The molecule has 0 saturated heterocycles. The minimum atomic E-state index is -0.420. The normalized spacial score (nSPS) is 11.7. The molecule has 1 rings (SSSR count). The Morgan fingerprint density at radius 3 is 2.55 bits per heavy atom. The van der Waals surface area contributed by atoms with E-state index in [1.165, 1.54) is 31.4 Å². The average molecular weight is 295 g/mol. The number of anilines is 1. The number of nitrogens with zero attached hydrogens (tertiary/aromatic N) is 1. The second-order valence-corrected chi connectivity index (χ2v) is 5.21. The largest absolute Gasteiger partial charge is 0.360 e. The fourth-order valence-electron chi connectivity index (χ4n) is 1.83. The monoisotopic (exact) mass is 295 g/mol. The van der Waals surface area contributed by atoms with Crippen molar-refractivity contribution in [2.45, 2.75) is 45.6 Å². The molecule has 0 heterocycles. The molecule has 1 atom stereocenters. The van der Waals surface area contributed by atoms with E-state index < -0.39 is 4.92 Å². The standard InChI is InChI=1S/C14H21N3O2S/c1-3-4-5-6-11(2)15-14(20)16-12-7-9-13(10-8-12)17(18)19/h7-11H,3-6H2,1-2H3,(H2,15,16,20). The molecule has 0 saturated carbocycles. The van der Waals surface area contributed by atoms with Crippen LogP contribution in [-0.4, -0.2) is 16.1 Å². The minimum Gasteiger partial charge on any atom is -0.360 e. The molecule has 2 N–H and O–H groups in total. The van der Waals surface area contributed by atoms with Crippen molar-refractivity contribution in [3.8, 4) is 0 Å². The fourth-order valence-corrected chi connectivity index (χ4v) is 2.15. The lowest BCUT2D eigenvalue weighted by molar-refractivity contribution is -0.384. The van der Waals surface area contributed by atoms with Crippen LogP contribution in [0.1, 0.15) is 39.5 Å². The zero-order chi connectivity index (χ0) is 15.0. The van der Waals surface area contributed by atoms with Gasteiger partial charge in [0.1, 0.15) is 0 Å². The second kappa shape index (κ2) is 8.47. The molecule has 0 aromatic heterocycles. The molecule has 0 aliphatic rings. The van der Waals surface area contributed by atoms with Crippen LogP contribution in [0.2, 0.25) is 0 Å². The smallest absolute Gasteiger partial charge is 0.269 e. The molecule has 1 aromatic carbocycles. The van der Waals surface area contributed by atoms with Gasteiger partial charge in [0.25, 0.3) is 5.69 Å². The molecule has 0 fully saturated rings. The molecule has 0 aliphatic heterocycles. The number of unbranched alkanes of at least 4 members (excludes halogenated alkanes) is 2. The van der Waals surface area contributed by atoms with E-state index in [9.17, 15) is 10.1 Å². The van der Waals surface area contributed by atoms with Crippen molar-refractivity contribution in [1.82, 2.24) is 5.32 Å². The number of nitro benzene ring substituents is 1. The summed E-state index contributed by atoms with van der Waals surface area (Å²) >= 11 is 5.22. The second-order valence-electron chi connectivity index (χ2n) is 4.80. The first kappa shape index (κ1) is 16.4. The lowest BCUT2D eigenvalue weighted by Gasteiger charge is -2.16. The van der Waals surface area contributed by atoms with E-state index in [4.69, 9.17) is 12.2 Å². The van der Waals surface area contributed by atoms with Gasteiger partial charge in [-0.15, -0.1) is 0 Å². The van der Waals surface area contributed by atoms with E-state index >= 15 is 0 Å². The molecule has 0 radical (unpaired) electrons. The Morgan fingerprint density at radius 2 is 2.00 bits per heavy atom. The van der Waals surface area contributed by atoms with Gasteiger partial charge in [-0.05, 0) is 37.7 Å². The summed E-state index contributed by atoms with van der Waals surface area (Å²) in [4.78, 5) is 10.1. The zero-order valence-electron chi connectivity index (χ0n) is 11.9. The first-order chi connectivity index (χ1) is 9.52. The van der Waals surface area contributed by atoms with Crippen LogP contribution in [-0.2, 0) is 0 Å². The first-order valence-electron chi connectivity index (χ1n) is 6.85. The van der Waals surface area contributed by atoms with Crippen molar-refractivity contribution in [2.24, 2.45) is 0 Å². The van der Waals surface area contributed by atoms with Gasteiger partial charge >= 0.3 is 0 Å². The van der Waals surface area contributed by atoms with E-state index in [2.05, 4.69) is 24.5 Å². The minimum absolute atomic E-state index is 0.0716. The maximum absolute atomic E-state index is 10.6. The number of thiocarbonyl (C=S) groups is 1. The van der Waals surface area contributed by atoms with Crippen molar-refractivity contribution in [1.29, 1.82) is 0 Å². The topological polar surface area (TPSA) is 67.2 Å². The number of nitro groups is 1. The van der Waals surface area contributed by atoms with Crippen LogP contribution in [0.3, 0.4) is 0 Å². The van der Waals surface area contributed by atoms with Crippen molar-refractivity contribution >= 4 is 28.7 Å². The van der Waals surface area contributed by atoms with E-state index in [1.54, 1.807) is 12.1 Å². The molecule has 1 unspecified atom stereocenters. The van der Waals surface area contributed by atoms with Crippen molar-refractivity contribution in [3.63, 3.8) is 0 Å². The SMILES string of the molecule is CCCCCC(C)NC(=S)Nc1ccc([N+](=O)[O-])cc1. The van der Waals surface area contributed by atoms with Crippen molar-refractivity contribution in [2.75, 3.05) is 5.32 Å². The molecular weight excluding hydrogens is 274 g/mol. The van der Waals surface area contributed by atoms with Crippen molar-refractivity contribution in [3.05, 3.63) is 34.4 Å². The molecule has 0 amide bonds. The Bertz CT molecular complexity index is 448. The van der Waals surface area contributed by atoms with Gasteiger partial charge in [0.15, 0.2) is 5.11 Å². The summed E-state index contributed by atoms with van der Waals surface area (Å²) in [6, 6.07) is 6.52. The third-order valence-corrected chi connectivity index (χ3v) is 3.17. The quantitative estimate of drug-likeness (QED) is 0.346. The third kappa shape index (κ3) is 5.97. The van der Waals surface area contributed by atoms with Crippen LogP contribution >= 0.6 is 12.2 Å². The van der Waals surface area contributed by atoms with E-state index in [0.29, 0.717) is 11.2 Å². The van der Waals surface area contributed by atoms with Gasteiger partial charge in [-0.1, -0.05) is 26.2 Å². The van der Waals surface area contributed by atoms with E-state index in [-0.39, 0.29) is 5.69 Å². The Hall–Kier alpha value is -1.69. The van der Waals surface area contributed by atoms with Gasteiger partial charge in [-0.25, -0.2) is 0 Å². The fraction of sp³-hybridized carbons (Fsp3) is 0.500. The van der Waals surface area contributed by atoms with Gasteiger partial charge in [-0.3, -0.25) is 10.1 Å². The lowest BCUT2D eigenvalue weighted by atomic mass is 10.1. The number of non-ortho nitro benzene ring substituents is 1. The molecule has 5 nitrogen and oxygen atoms in total. The Kier molecular flexibility index (Phi) is 6.93. The van der Waals surface area contributed by atoms with Crippen LogP contribution in [0.25, 0.3) is 0 Å². The van der Waals surface area contributed by atoms with Crippen LogP contribution in [0.5, 0.6) is 0 Å². The maximum Gasteiger partial charge on any atom is 0.269 e. The summed E-state index contributed by atoms with van der Waals surface area (Å²) in [5.74, 6) is 0. The third-order valence-electron chi connectivity index (χ3n) is 2.95. The first-order valence-corrected chi connectivity index (χ1v) is 7.25. The number of hydrogen-bond acceptors (Lipinski definition) is 3. The summed E-state index contributed by atoms with van der Waals surface area (Å²) in [5.41, 5.74) is 0.816. The molecule has 0 spiro atoms. The highest BCUT2D eigenvalue weighted by atomic mass is 32.1. The summed E-state index contributed by atoms with van der Waals surface area (Å²) < 4.78 is 0. The molecule has 1 aromatic rings. The van der Waals surface area contributed by atoms with Gasteiger partial charge in [0.2, 0.25) is 0 Å². The molecule has 6 heteroatoms. The Labute approximate surface area is 124 Å². The molecular formula is C14H21N3O2S. The van der Waals surface area contributed by atoms with Gasteiger partial charge in [-0.2, -0.15) is 0 Å². The summed E-state index contributed by atoms with van der Waals surface area (Å²) in [5, 5.41) is 17.3. The highest BCUT2D eigenvalue weighted by molar-refractivity contribution is 7.80. The van der Waals surface area contributed by atoms with Crippen LogP contribution in [0.15, 0.2) is 24.3 Å². The Morgan fingerprint density at radius 1 is 1.35 bits per heavy atom. The van der Waals surface area contributed by atoms with Gasteiger partial charge < -0.3 is 10.6 Å². The lowest BCUT2D eigenvalue weighted by Crippen LogP contribution is -2.35. The molecule has 110 valence electrons. The molecule has 0 bridgehead atoms. The molecule has 20 heavy (non-hydrogen) atoms. The number of hydrogen-bond donors (Lipinski definition) is 2. The maximum atomic E-state index is 10.6. The zero-order valence-corrected chi connectivity index (χ0v) is 12.7. The van der Waals surface area contributed by atoms with Crippen molar-refractivity contribution < 1.29 is 4.92 Å². The predicted molar refractivity (Wildman–Crippen MR) is 86.1 cm³/mol. The Balaban J connectivity index is 2.39. The highest BCUT2D eigenvalue weighted by Gasteiger charge is 2.06. The average Bonchev–Trinajstić information content (AvgIpc) is 2.39. The number of benzene rings is 1. The van der Waals surface area contributed by atoms with Gasteiger partial charge in [0.05, 0.1) is 4.92 Å². The van der Waals surface area contributed by atoms with Crippen LogP contribution in [0.4, 0.5) is 11.4 Å². The van der Waals surface area contributed by atoms with Crippen LogP contribution < -0.4 is 10.6 Å². The predicted octanol–water partition coefficient (Wildman–Crippen LogP) is 3.85. The van der Waals surface area contributed by atoms with E-state index in [1.807, 2.05) is 0 Å². The van der Waals surface area contributed by atoms with Gasteiger partial charge in [0, 0.05) is 23.9 Å². The number of nitrogens with one attached hydrogen (secondary N) is 2. The highest BCUT2D eigenvalue weighted by Crippen LogP contribution is 2.15. The summed E-state index contributed by atoms with van der Waals surface area (Å²) in [6.45, 7) is 4.28. The summed E-state index contributed by atoms with van der Waals surface area (Å²) in [7, 11) is 0. The molecule has 0 aliphatic carbocycles.